The average Bonchev–Trinajstić information content (AvgIpc) is 2.90. The Hall–Kier alpha value is -2.14. The molecule has 0 saturated carbocycles. The normalized spacial score (nSPS) is 18.6. The highest BCUT2D eigenvalue weighted by Crippen LogP contribution is 2.29. The van der Waals surface area contributed by atoms with Crippen molar-refractivity contribution in [1.82, 2.24) is 15.1 Å². The van der Waals surface area contributed by atoms with E-state index in [2.05, 4.69) is 10.4 Å². The number of aryl methyl sites for hydroxylation is 2. The molecule has 5 nitrogen and oxygen atoms in total. The zero-order valence-corrected chi connectivity index (χ0v) is 13.0. The molecule has 0 aliphatic heterocycles. The number of carbonyl (C=O) groups excluding carboxylic acids is 1. The summed E-state index contributed by atoms with van der Waals surface area (Å²) < 4.78 is 1.90. The maximum atomic E-state index is 12.4. The summed E-state index contributed by atoms with van der Waals surface area (Å²) >= 11 is 0. The fourth-order valence-corrected chi connectivity index (χ4v) is 3.04. The van der Waals surface area contributed by atoms with Gasteiger partial charge in [-0.2, -0.15) is 5.10 Å². The van der Waals surface area contributed by atoms with Crippen molar-refractivity contribution in [3.05, 3.63) is 52.8 Å². The van der Waals surface area contributed by atoms with Crippen molar-refractivity contribution in [1.29, 1.82) is 0 Å². The third-order valence-corrected chi connectivity index (χ3v) is 4.41. The van der Waals surface area contributed by atoms with E-state index in [4.69, 9.17) is 5.73 Å². The summed E-state index contributed by atoms with van der Waals surface area (Å²) in [4.78, 5) is 12.4. The first-order valence-electron chi connectivity index (χ1n) is 7.69. The van der Waals surface area contributed by atoms with Crippen LogP contribution in [0.15, 0.2) is 30.5 Å². The van der Waals surface area contributed by atoms with Crippen molar-refractivity contribution in [3.8, 4) is 0 Å². The third kappa shape index (κ3) is 2.76. The molecule has 1 aliphatic rings. The van der Waals surface area contributed by atoms with Crippen LogP contribution in [0.5, 0.6) is 0 Å². The Kier molecular flexibility index (Phi) is 3.98. The summed E-state index contributed by atoms with van der Waals surface area (Å²) in [5.41, 5.74) is 10.4. The Bertz CT molecular complexity index is 674. The van der Waals surface area contributed by atoms with Gasteiger partial charge < -0.3 is 11.1 Å². The maximum absolute atomic E-state index is 12.4. The molecule has 3 N–H and O–H groups in total. The Morgan fingerprint density at radius 2 is 2.14 bits per heavy atom. The van der Waals surface area contributed by atoms with Crippen LogP contribution in [0.3, 0.4) is 0 Å². The molecule has 1 aromatic carbocycles. The highest BCUT2D eigenvalue weighted by molar-refractivity contribution is 5.83. The first-order valence-corrected chi connectivity index (χ1v) is 7.69. The van der Waals surface area contributed by atoms with Crippen molar-refractivity contribution >= 4 is 5.91 Å². The molecule has 1 heterocycles. The molecule has 2 unspecified atom stereocenters. The predicted molar refractivity (Wildman–Crippen MR) is 85.1 cm³/mol. The van der Waals surface area contributed by atoms with Gasteiger partial charge in [-0.25, -0.2) is 0 Å². The molecule has 0 fully saturated rings. The van der Waals surface area contributed by atoms with Gasteiger partial charge >= 0.3 is 0 Å². The number of rotatable bonds is 3. The standard InChI is InChI=1S/C17H22N4O/c1-11-6-8-12(9-7-11)16(18)17(22)20-14-4-3-5-15-13(14)10-19-21(15)2/h6-10,14,16H,3-5,18H2,1-2H3,(H,20,22). The fraction of sp³-hybridized carbons (Fsp3) is 0.412. The molecule has 2 atom stereocenters. The van der Waals surface area contributed by atoms with Crippen molar-refractivity contribution in [2.45, 2.75) is 38.3 Å². The summed E-state index contributed by atoms with van der Waals surface area (Å²) in [6, 6.07) is 7.15. The van der Waals surface area contributed by atoms with Gasteiger partial charge in [0.05, 0.1) is 12.2 Å². The number of carbonyl (C=O) groups is 1. The van der Waals surface area contributed by atoms with Crippen LogP contribution in [0.4, 0.5) is 0 Å². The lowest BCUT2D eigenvalue weighted by molar-refractivity contribution is -0.123. The van der Waals surface area contributed by atoms with Crippen LogP contribution < -0.4 is 11.1 Å². The van der Waals surface area contributed by atoms with Gasteiger partial charge in [-0.1, -0.05) is 29.8 Å². The maximum Gasteiger partial charge on any atom is 0.241 e. The minimum Gasteiger partial charge on any atom is -0.348 e. The molecular formula is C17H22N4O. The first kappa shape index (κ1) is 14.8. The van der Waals surface area contributed by atoms with Crippen LogP contribution in [0.1, 0.15) is 47.3 Å². The molecule has 3 rings (SSSR count). The highest BCUT2D eigenvalue weighted by atomic mass is 16.2. The molecule has 0 spiro atoms. The van der Waals surface area contributed by atoms with E-state index in [-0.39, 0.29) is 11.9 Å². The van der Waals surface area contributed by atoms with E-state index in [0.29, 0.717) is 0 Å². The van der Waals surface area contributed by atoms with Crippen LogP contribution in [0.2, 0.25) is 0 Å². The molecular weight excluding hydrogens is 276 g/mol. The van der Waals surface area contributed by atoms with E-state index in [1.54, 1.807) is 0 Å². The number of benzene rings is 1. The molecule has 0 bridgehead atoms. The average molecular weight is 298 g/mol. The second-order valence-electron chi connectivity index (χ2n) is 6.01. The number of nitrogens with one attached hydrogen (secondary N) is 1. The number of fused-ring (bicyclic) bond motifs is 1. The molecule has 1 amide bonds. The second-order valence-corrected chi connectivity index (χ2v) is 6.01. The van der Waals surface area contributed by atoms with Gasteiger partial charge in [-0.05, 0) is 31.7 Å². The number of hydrogen-bond acceptors (Lipinski definition) is 3. The van der Waals surface area contributed by atoms with E-state index < -0.39 is 6.04 Å². The summed E-state index contributed by atoms with van der Waals surface area (Å²) in [5, 5.41) is 7.39. The number of aromatic nitrogens is 2. The van der Waals surface area contributed by atoms with E-state index in [1.165, 1.54) is 5.69 Å². The van der Waals surface area contributed by atoms with Gasteiger partial charge in [0.1, 0.15) is 6.04 Å². The van der Waals surface area contributed by atoms with Crippen LogP contribution >= 0.6 is 0 Å². The van der Waals surface area contributed by atoms with Crippen molar-refractivity contribution < 1.29 is 4.79 Å². The van der Waals surface area contributed by atoms with E-state index in [9.17, 15) is 4.79 Å². The molecule has 1 aromatic heterocycles. The number of hydrogen-bond donors (Lipinski definition) is 2. The Morgan fingerprint density at radius 3 is 2.86 bits per heavy atom. The lowest BCUT2D eigenvalue weighted by atomic mass is 9.92. The summed E-state index contributed by atoms with van der Waals surface area (Å²) in [6.07, 6.45) is 4.86. The molecule has 0 radical (unpaired) electrons. The van der Waals surface area contributed by atoms with Gasteiger partial charge in [0, 0.05) is 18.3 Å². The molecule has 1 aliphatic carbocycles. The first-order chi connectivity index (χ1) is 10.6. The van der Waals surface area contributed by atoms with Crippen LogP contribution in [-0.2, 0) is 18.3 Å². The van der Waals surface area contributed by atoms with E-state index in [0.717, 1.165) is 36.0 Å². The quantitative estimate of drug-likeness (QED) is 0.909. The lowest BCUT2D eigenvalue weighted by Crippen LogP contribution is -2.37. The van der Waals surface area contributed by atoms with E-state index in [1.807, 2.05) is 49.1 Å². The monoisotopic (exact) mass is 298 g/mol. The molecule has 0 saturated heterocycles. The van der Waals surface area contributed by atoms with Crippen molar-refractivity contribution in [2.75, 3.05) is 0 Å². The smallest absolute Gasteiger partial charge is 0.241 e. The molecule has 22 heavy (non-hydrogen) atoms. The number of nitrogens with zero attached hydrogens (tertiary/aromatic N) is 2. The molecule has 116 valence electrons. The Balaban J connectivity index is 1.73. The summed E-state index contributed by atoms with van der Waals surface area (Å²) in [6.45, 7) is 2.02. The summed E-state index contributed by atoms with van der Waals surface area (Å²) in [5.74, 6) is -0.134. The zero-order valence-electron chi connectivity index (χ0n) is 13.0. The Morgan fingerprint density at radius 1 is 1.41 bits per heavy atom. The van der Waals surface area contributed by atoms with Gasteiger partial charge in [-0.15, -0.1) is 0 Å². The summed E-state index contributed by atoms with van der Waals surface area (Å²) in [7, 11) is 1.95. The molecule has 5 heteroatoms. The fourth-order valence-electron chi connectivity index (χ4n) is 3.04. The SMILES string of the molecule is Cc1ccc(C(N)C(=O)NC2CCCc3c2cnn3C)cc1. The van der Waals surface area contributed by atoms with Gasteiger partial charge in [0.2, 0.25) is 5.91 Å². The number of nitrogens with two attached hydrogens (primary N) is 1. The van der Waals surface area contributed by atoms with Gasteiger partial charge in [0.15, 0.2) is 0 Å². The highest BCUT2D eigenvalue weighted by Gasteiger charge is 2.26. The predicted octanol–water partition coefficient (Wildman–Crippen LogP) is 1.92. The van der Waals surface area contributed by atoms with Crippen LogP contribution in [0, 0.1) is 6.92 Å². The van der Waals surface area contributed by atoms with Crippen molar-refractivity contribution in [3.63, 3.8) is 0 Å². The van der Waals surface area contributed by atoms with Gasteiger partial charge in [-0.3, -0.25) is 9.48 Å². The molecule has 2 aromatic rings. The lowest BCUT2D eigenvalue weighted by Gasteiger charge is -2.25. The third-order valence-electron chi connectivity index (χ3n) is 4.41. The largest absolute Gasteiger partial charge is 0.348 e. The zero-order chi connectivity index (χ0) is 15.7. The topological polar surface area (TPSA) is 72.9 Å². The van der Waals surface area contributed by atoms with E-state index >= 15 is 0 Å². The van der Waals surface area contributed by atoms with Crippen LogP contribution in [0.25, 0.3) is 0 Å². The second kappa shape index (κ2) is 5.93. The Labute approximate surface area is 130 Å². The van der Waals surface area contributed by atoms with Crippen molar-refractivity contribution in [2.24, 2.45) is 12.8 Å². The van der Waals surface area contributed by atoms with Gasteiger partial charge in [0.25, 0.3) is 0 Å². The van der Waals surface area contributed by atoms with Crippen LogP contribution in [-0.4, -0.2) is 15.7 Å². The number of amides is 1. The minimum absolute atomic E-state index is 0.0152. The minimum atomic E-state index is -0.636.